The Hall–Kier alpha value is -0.700. The van der Waals surface area contributed by atoms with Crippen molar-refractivity contribution < 1.29 is 0 Å². The Kier molecular flexibility index (Phi) is 3.67. The van der Waals surface area contributed by atoms with Crippen molar-refractivity contribution in [3.05, 3.63) is 22.7 Å². The number of nitrogens with two attached hydrogens (primary N) is 1. The lowest BCUT2D eigenvalue weighted by Gasteiger charge is -2.27. The molecule has 1 aliphatic heterocycles. The molecule has 1 saturated heterocycles. The highest BCUT2D eigenvalue weighted by Gasteiger charge is 2.35. The molecule has 2 N–H and O–H groups in total. The summed E-state index contributed by atoms with van der Waals surface area (Å²) in [5.74, 6) is 0. The van der Waals surface area contributed by atoms with Crippen LogP contribution < -0.4 is 10.6 Å². The topological polar surface area (TPSA) is 29.3 Å². The minimum atomic E-state index is 0.515. The zero-order valence-electron chi connectivity index (χ0n) is 10.7. The third-order valence-electron chi connectivity index (χ3n) is 4.25. The first-order valence-corrected chi connectivity index (χ1v) is 7.19. The number of hydrogen-bond acceptors (Lipinski definition) is 2. The van der Waals surface area contributed by atoms with Crippen LogP contribution >= 0.6 is 15.9 Å². The van der Waals surface area contributed by atoms with Crippen LogP contribution in [-0.2, 0) is 0 Å². The Morgan fingerprint density at radius 2 is 2.06 bits per heavy atom. The monoisotopic (exact) mass is 296 g/mol. The number of hydrogen-bond donors (Lipinski definition) is 1. The van der Waals surface area contributed by atoms with Crippen LogP contribution in [0.3, 0.4) is 0 Å². The second kappa shape index (κ2) is 4.89. The first kappa shape index (κ1) is 12.7. The first-order valence-electron chi connectivity index (χ1n) is 6.40. The van der Waals surface area contributed by atoms with E-state index in [1.54, 1.807) is 0 Å². The molecular weight excluding hydrogens is 276 g/mol. The molecule has 1 fully saturated rings. The van der Waals surface area contributed by atoms with Gasteiger partial charge in [-0.3, -0.25) is 0 Å². The summed E-state index contributed by atoms with van der Waals surface area (Å²) in [7, 11) is 0. The van der Waals surface area contributed by atoms with Gasteiger partial charge in [-0.1, -0.05) is 13.8 Å². The van der Waals surface area contributed by atoms with Crippen LogP contribution in [0.1, 0.15) is 33.1 Å². The second-order valence-corrected chi connectivity index (χ2v) is 5.94. The second-order valence-electron chi connectivity index (χ2n) is 5.09. The van der Waals surface area contributed by atoms with Crippen molar-refractivity contribution in [1.82, 2.24) is 0 Å². The van der Waals surface area contributed by atoms with Gasteiger partial charge in [0.2, 0.25) is 0 Å². The van der Waals surface area contributed by atoms with Crippen molar-refractivity contribution in [2.75, 3.05) is 23.7 Å². The van der Waals surface area contributed by atoms with Gasteiger partial charge >= 0.3 is 0 Å². The molecule has 94 valence electrons. The summed E-state index contributed by atoms with van der Waals surface area (Å²) in [4.78, 5) is 2.48. The standard InChI is InChI=1S/C14H21BrN2/c1-3-14(4-2)7-8-17(10-14)13-6-5-11(16)9-12(13)15/h5-6,9H,3-4,7-8,10,16H2,1-2H3. The molecule has 3 heteroatoms. The maximum absolute atomic E-state index is 5.78. The number of halogens is 1. The number of anilines is 2. The molecule has 0 atom stereocenters. The lowest BCUT2D eigenvalue weighted by molar-refractivity contribution is 0.301. The molecule has 1 heterocycles. The Labute approximate surface area is 112 Å². The largest absolute Gasteiger partial charge is 0.399 e. The van der Waals surface area contributed by atoms with E-state index in [0.717, 1.165) is 16.7 Å². The van der Waals surface area contributed by atoms with Crippen LogP contribution in [0.4, 0.5) is 11.4 Å². The van der Waals surface area contributed by atoms with E-state index in [1.807, 2.05) is 12.1 Å². The summed E-state index contributed by atoms with van der Waals surface area (Å²) in [6, 6.07) is 6.10. The normalized spacial score (nSPS) is 18.6. The summed E-state index contributed by atoms with van der Waals surface area (Å²) in [5, 5.41) is 0. The van der Waals surface area contributed by atoms with Gasteiger partial charge in [-0.05, 0) is 58.8 Å². The van der Waals surface area contributed by atoms with Crippen LogP contribution in [0.15, 0.2) is 22.7 Å². The van der Waals surface area contributed by atoms with Gasteiger partial charge in [0.25, 0.3) is 0 Å². The van der Waals surface area contributed by atoms with Gasteiger partial charge in [0.1, 0.15) is 0 Å². The van der Waals surface area contributed by atoms with Gasteiger partial charge in [0, 0.05) is 23.2 Å². The van der Waals surface area contributed by atoms with Crippen LogP contribution in [0, 0.1) is 5.41 Å². The average Bonchev–Trinajstić information content (AvgIpc) is 2.74. The Balaban J connectivity index is 2.20. The van der Waals surface area contributed by atoms with Crippen molar-refractivity contribution in [3.63, 3.8) is 0 Å². The van der Waals surface area contributed by atoms with E-state index in [4.69, 9.17) is 5.73 Å². The third-order valence-corrected chi connectivity index (χ3v) is 4.89. The van der Waals surface area contributed by atoms with Gasteiger partial charge in [-0.15, -0.1) is 0 Å². The highest BCUT2D eigenvalue weighted by molar-refractivity contribution is 9.10. The SMILES string of the molecule is CCC1(CC)CCN(c2ccc(N)cc2Br)C1. The summed E-state index contributed by atoms with van der Waals surface area (Å²) in [5.41, 5.74) is 8.40. The molecule has 0 saturated carbocycles. The Bertz CT molecular complexity index is 399. The highest BCUT2D eigenvalue weighted by Crippen LogP contribution is 2.41. The molecule has 1 aliphatic rings. The van der Waals surface area contributed by atoms with Crippen molar-refractivity contribution in [3.8, 4) is 0 Å². The molecule has 0 bridgehead atoms. The fraction of sp³-hybridized carbons (Fsp3) is 0.571. The molecule has 0 aliphatic carbocycles. The van der Waals surface area contributed by atoms with Crippen LogP contribution in [0.25, 0.3) is 0 Å². The minimum Gasteiger partial charge on any atom is -0.399 e. The zero-order valence-corrected chi connectivity index (χ0v) is 12.3. The van der Waals surface area contributed by atoms with E-state index in [2.05, 4.69) is 40.7 Å². The summed E-state index contributed by atoms with van der Waals surface area (Å²) < 4.78 is 1.11. The number of nitrogens with zero attached hydrogens (tertiary/aromatic N) is 1. The lowest BCUT2D eigenvalue weighted by atomic mass is 9.82. The van der Waals surface area contributed by atoms with Crippen molar-refractivity contribution >= 4 is 27.3 Å². The van der Waals surface area contributed by atoms with Gasteiger partial charge in [-0.2, -0.15) is 0 Å². The smallest absolute Gasteiger partial charge is 0.0512 e. The molecule has 1 aromatic rings. The molecular formula is C14H21BrN2. The number of nitrogen functional groups attached to an aromatic ring is 1. The number of benzene rings is 1. The molecule has 0 aromatic heterocycles. The van der Waals surface area contributed by atoms with E-state index >= 15 is 0 Å². The summed E-state index contributed by atoms with van der Waals surface area (Å²) in [6.07, 6.45) is 3.84. The molecule has 0 amide bonds. The summed E-state index contributed by atoms with van der Waals surface area (Å²) >= 11 is 3.62. The van der Waals surface area contributed by atoms with Crippen molar-refractivity contribution in [2.45, 2.75) is 33.1 Å². The van der Waals surface area contributed by atoms with Gasteiger partial charge in [0.15, 0.2) is 0 Å². The van der Waals surface area contributed by atoms with E-state index in [1.165, 1.54) is 31.5 Å². The molecule has 0 spiro atoms. The van der Waals surface area contributed by atoms with E-state index in [0.29, 0.717) is 5.41 Å². The Morgan fingerprint density at radius 3 is 2.59 bits per heavy atom. The zero-order chi connectivity index (χ0) is 12.5. The van der Waals surface area contributed by atoms with E-state index < -0.39 is 0 Å². The van der Waals surface area contributed by atoms with Crippen LogP contribution in [-0.4, -0.2) is 13.1 Å². The fourth-order valence-corrected chi connectivity index (χ4v) is 3.39. The number of rotatable bonds is 3. The van der Waals surface area contributed by atoms with Gasteiger partial charge in [0.05, 0.1) is 5.69 Å². The van der Waals surface area contributed by atoms with Crippen LogP contribution in [0.2, 0.25) is 0 Å². The van der Waals surface area contributed by atoms with Crippen molar-refractivity contribution in [1.29, 1.82) is 0 Å². The minimum absolute atomic E-state index is 0.515. The van der Waals surface area contributed by atoms with Gasteiger partial charge < -0.3 is 10.6 Å². The third kappa shape index (κ3) is 2.44. The highest BCUT2D eigenvalue weighted by atomic mass is 79.9. The van der Waals surface area contributed by atoms with E-state index in [-0.39, 0.29) is 0 Å². The first-order chi connectivity index (χ1) is 8.10. The van der Waals surface area contributed by atoms with Crippen LogP contribution in [0.5, 0.6) is 0 Å². The molecule has 0 radical (unpaired) electrons. The van der Waals surface area contributed by atoms with Crippen molar-refractivity contribution in [2.24, 2.45) is 5.41 Å². The molecule has 2 rings (SSSR count). The molecule has 2 nitrogen and oxygen atoms in total. The molecule has 1 aromatic carbocycles. The maximum atomic E-state index is 5.78. The Morgan fingerprint density at radius 1 is 1.35 bits per heavy atom. The lowest BCUT2D eigenvalue weighted by Crippen LogP contribution is -2.26. The van der Waals surface area contributed by atoms with E-state index in [9.17, 15) is 0 Å². The molecule has 17 heavy (non-hydrogen) atoms. The summed E-state index contributed by atoms with van der Waals surface area (Å²) in [6.45, 7) is 6.95. The predicted octanol–water partition coefficient (Wildman–Crippen LogP) is 4.05. The molecule has 0 unspecified atom stereocenters. The fourth-order valence-electron chi connectivity index (χ4n) is 2.75. The quantitative estimate of drug-likeness (QED) is 0.853. The van der Waals surface area contributed by atoms with Gasteiger partial charge in [-0.25, -0.2) is 0 Å². The average molecular weight is 297 g/mol. The predicted molar refractivity (Wildman–Crippen MR) is 78.4 cm³/mol. The maximum Gasteiger partial charge on any atom is 0.0512 e.